The van der Waals surface area contributed by atoms with Crippen LogP contribution in [-0.2, 0) is 4.74 Å². The maximum atomic E-state index is 11.1. The fraction of sp³-hybridized carbons (Fsp3) is 0.250. The number of methoxy groups -OCH3 is 2. The molecule has 5 heteroatoms. The summed E-state index contributed by atoms with van der Waals surface area (Å²) < 4.78 is 29.6. The highest BCUT2D eigenvalue weighted by Crippen LogP contribution is 2.17. The van der Waals surface area contributed by atoms with Gasteiger partial charge in [-0.3, -0.25) is 0 Å². The molecule has 1 heterocycles. The molecule has 0 aromatic carbocycles. The average Bonchev–Trinajstić information content (AvgIpc) is 2.18. The van der Waals surface area contributed by atoms with Gasteiger partial charge in [-0.05, 0) is 12.1 Å². The quantitative estimate of drug-likeness (QED) is 0.677. The van der Waals surface area contributed by atoms with Crippen LogP contribution in [-0.4, -0.2) is 25.1 Å². The molecule has 0 radical (unpaired) electrons. The number of hydrogen-bond donors (Lipinski definition) is 1. The molecular weight excluding hydrogens is 172 g/mol. The van der Waals surface area contributed by atoms with Crippen LogP contribution in [0.2, 0.25) is 0 Å². The first-order valence-corrected chi connectivity index (χ1v) is 3.37. The van der Waals surface area contributed by atoms with Crippen LogP contribution in [0.4, 0.5) is 5.69 Å². The van der Waals surface area contributed by atoms with Crippen LogP contribution >= 0.6 is 0 Å². The molecule has 0 aliphatic rings. The zero-order chi connectivity index (χ0) is 12.3. The van der Waals surface area contributed by atoms with Gasteiger partial charge in [0, 0.05) is 0 Å². The van der Waals surface area contributed by atoms with Gasteiger partial charge in [0.15, 0.2) is 5.69 Å². The standard InChI is InChI=1S/C8H10N2O3/c1-12-7-5(9)3-4-6(10-7)8(11)13-2/h3-4H,9H2,1-2H3/i1D3. The molecule has 0 saturated heterocycles. The Labute approximate surface area is 79.7 Å². The van der Waals surface area contributed by atoms with Crippen molar-refractivity contribution in [3.05, 3.63) is 17.8 Å². The van der Waals surface area contributed by atoms with Gasteiger partial charge in [0.1, 0.15) is 0 Å². The number of nitrogen functional groups attached to an aromatic ring is 1. The van der Waals surface area contributed by atoms with Gasteiger partial charge in [-0.25, -0.2) is 9.78 Å². The van der Waals surface area contributed by atoms with E-state index in [9.17, 15) is 4.79 Å². The van der Waals surface area contributed by atoms with E-state index in [1.807, 2.05) is 0 Å². The van der Waals surface area contributed by atoms with Crippen LogP contribution in [0.25, 0.3) is 0 Å². The van der Waals surface area contributed by atoms with Crippen LogP contribution in [0.5, 0.6) is 5.88 Å². The SMILES string of the molecule is [2H]C([2H])([2H])Oc1nc(C(=O)OC)ccc1N. The predicted octanol–water partition coefficient (Wildman–Crippen LogP) is 0.459. The second-order valence-corrected chi connectivity index (χ2v) is 2.18. The van der Waals surface area contributed by atoms with E-state index in [0.717, 1.165) is 0 Å². The number of rotatable bonds is 2. The highest BCUT2D eigenvalue weighted by molar-refractivity contribution is 5.87. The third kappa shape index (κ3) is 1.87. The third-order valence-corrected chi connectivity index (χ3v) is 1.38. The number of anilines is 1. The summed E-state index contributed by atoms with van der Waals surface area (Å²) >= 11 is 0. The summed E-state index contributed by atoms with van der Waals surface area (Å²) in [4.78, 5) is 14.8. The van der Waals surface area contributed by atoms with Crippen molar-refractivity contribution in [3.63, 3.8) is 0 Å². The molecule has 1 aromatic rings. The van der Waals surface area contributed by atoms with Gasteiger partial charge >= 0.3 is 5.97 Å². The Morgan fingerprint density at radius 3 is 3.08 bits per heavy atom. The molecule has 2 N–H and O–H groups in total. The van der Waals surface area contributed by atoms with Crippen LogP contribution in [0.1, 0.15) is 14.6 Å². The Balaban J connectivity index is 3.04. The lowest BCUT2D eigenvalue weighted by Crippen LogP contribution is -2.06. The van der Waals surface area contributed by atoms with E-state index in [0.29, 0.717) is 0 Å². The topological polar surface area (TPSA) is 74.4 Å². The minimum absolute atomic E-state index is 0.0313. The highest BCUT2D eigenvalue weighted by Gasteiger charge is 2.09. The molecule has 0 bridgehead atoms. The molecule has 0 amide bonds. The number of carbonyl (C=O) groups is 1. The molecule has 0 aliphatic carbocycles. The lowest BCUT2D eigenvalue weighted by atomic mass is 10.3. The van der Waals surface area contributed by atoms with E-state index in [1.165, 1.54) is 19.2 Å². The van der Waals surface area contributed by atoms with E-state index in [1.54, 1.807) is 0 Å². The Morgan fingerprint density at radius 1 is 1.69 bits per heavy atom. The summed E-state index contributed by atoms with van der Waals surface area (Å²) in [6.45, 7) is 0. The minimum atomic E-state index is -2.67. The molecule has 1 aromatic heterocycles. The maximum Gasteiger partial charge on any atom is 0.356 e. The number of esters is 1. The van der Waals surface area contributed by atoms with E-state index in [2.05, 4.69) is 14.5 Å². The first-order valence-electron chi connectivity index (χ1n) is 4.87. The van der Waals surface area contributed by atoms with Crippen LogP contribution in [0.15, 0.2) is 12.1 Å². The maximum absolute atomic E-state index is 11.1. The van der Waals surface area contributed by atoms with Crippen molar-refractivity contribution in [2.45, 2.75) is 0 Å². The second kappa shape index (κ2) is 3.75. The van der Waals surface area contributed by atoms with Crippen LogP contribution in [0.3, 0.4) is 0 Å². The monoisotopic (exact) mass is 185 g/mol. The zero-order valence-corrected chi connectivity index (χ0v) is 6.90. The molecule has 1 rings (SSSR count). The smallest absolute Gasteiger partial charge is 0.356 e. The lowest BCUT2D eigenvalue weighted by Gasteiger charge is -2.04. The van der Waals surface area contributed by atoms with E-state index in [-0.39, 0.29) is 17.3 Å². The molecule has 5 nitrogen and oxygen atoms in total. The molecule has 0 spiro atoms. The first kappa shape index (κ1) is 5.80. The number of ether oxygens (including phenoxy) is 2. The fourth-order valence-corrected chi connectivity index (χ4v) is 0.751. The van der Waals surface area contributed by atoms with Gasteiger partial charge < -0.3 is 15.2 Å². The van der Waals surface area contributed by atoms with Crippen molar-refractivity contribution >= 4 is 11.7 Å². The molecule has 0 aliphatic heterocycles. The number of nitrogens with zero attached hydrogens (tertiary/aromatic N) is 1. The summed E-state index contributed by atoms with van der Waals surface area (Å²) in [5.41, 5.74) is 5.41. The van der Waals surface area contributed by atoms with Gasteiger partial charge in [0.2, 0.25) is 5.88 Å². The largest absolute Gasteiger partial charge is 0.480 e. The number of pyridine rings is 1. The summed E-state index contributed by atoms with van der Waals surface area (Å²) in [7, 11) is -1.49. The Hall–Kier alpha value is -1.78. The predicted molar refractivity (Wildman–Crippen MR) is 46.5 cm³/mol. The molecular formula is C8H10N2O3. The summed E-state index contributed by atoms with van der Waals surface area (Å²) in [6, 6.07) is 2.63. The molecule has 0 atom stereocenters. The van der Waals surface area contributed by atoms with Crippen LogP contribution < -0.4 is 10.5 Å². The van der Waals surface area contributed by atoms with E-state index >= 15 is 0 Å². The minimum Gasteiger partial charge on any atom is -0.480 e. The Morgan fingerprint density at radius 2 is 2.46 bits per heavy atom. The van der Waals surface area contributed by atoms with Gasteiger partial charge in [0.05, 0.1) is 23.9 Å². The second-order valence-electron chi connectivity index (χ2n) is 2.18. The molecule has 0 fully saturated rings. The zero-order valence-electron chi connectivity index (χ0n) is 9.90. The number of hydrogen-bond acceptors (Lipinski definition) is 5. The van der Waals surface area contributed by atoms with Crippen LogP contribution in [0, 0.1) is 0 Å². The molecule has 0 saturated carbocycles. The van der Waals surface area contributed by atoms with Crippen molar-refractivity contribution < 1.29 is 18.4 Å². The summed E-state index contributed by atoms with van der Waals surface area (Å²) in [6.07, 6.45) is 0. The third-order valence-electron chi connectivity index (χ3n) is 1.38. The number of nitrogens with two attached hydrogens (primary N) is 1. The van der Waals surface area contributed by atoms with Crippen molar-refractivity contribution in [1.29, 1.82) is 0 Å². The van der Waals surface area contributed by atoms with Crippen molar-refractivity contribution in [1.82, 2.24) is 4.98 Å². The van der Waals surface area contributed by atoms with Gasteiger partial charge in [-0.15, -0.1) is 0 Å². The fourth-order valence-electron chi connectivity index (χ4n) is 0.751. The molecule has 13 heavy (non-hydrogen) atoms. The Bertz CT molecular complexity index is 406. The van der Waals surface area contributed by atoms with E-state index in [4.69, 9.17) is 9.85 Å². The molecule has 70 valence electrons. The average molecular weight is 185 g/mol. The first-order chi connectivity index (χ1) is 7.33. The molecule has 0 unspecified atom stereocenters. The number of aromatic nitrogens is 1. The van der Waals surface area contributed by atoms with Gasteiger partial charge in [-0.1, -0.05) is 0 Å². The summed E-state index contributed by atoms with van der Waals surface area (Å²) in [5, 5.41) is 0. The Kier molecular flexibility index (Phi) is 1.67. The summed E-state index contributed by atoms with van der Waals surface area (Å²) in [5.74, 6) is -1.02. The normalized spacial score (nSPS) is 13.8. The van der Waals surface area contributed by atoms with Crippen molar-refractivity contribution in [2.24, 2.45) is 0 Å². The van der Waals surface area contributed by atoms with Gasteiger partial charge in [-0.2, -0.15) is 0 Å². The van der Waals surface area contributed by atoms with E-state index < -0.39 is 13.0 Å². The van der Waals surface area contributed by atoms with Crippen molar-refractivity contribution in [3.8, 4) is 5.88 Å². The number of carbonyl (C=O) groups excluding carboxylic acids is 1. The lowest BCUT2D eigenvalue weighted by molar-refractivity contribution is 0.0593. The highest BCUT2D eigenvalue weighted by atomic mass is 16.5. The van der Waals surface area contributed by atoms with Gasteiger partial charge in [0.25, 0.3) is 0 Å². The van der Waals surface area contributed by atoms with Crippen molar-refractivity contribution in [2.75, 3.05) is 19.9 Å².